The van der Waals surface area contributed by atoms with Gasteiger partial charge in [0.15, 0.2) is 11.9 Å². The van der Waals surface area contributed by atoms with Crippen molar-refractivity contribution in [2.24, 2.45) is 38.7 Å². The van der Waals surface area contributed by atoms with Gasteiger partial charge >= 0.3 is 5.97 Å². The SMILES string of the molecule is CSCCC(N)C(=O)NC(CCCN=C(N)N)C(=O)NC(CCCN=C(N)N)C(=O)NC(CO)C(=O)O. The highest BCUT2D eigenvalue weighted by Gasteiger charge is 2.29. The molecule has 0 radical (unpaired) electrons. The Bertz CT molecular complexity index is 804. The minimum atomic E-state index is -1.57. The average molecular weight is 549 g/mol. The largest absolute Gasteiger partial charge is 0.480 e. The number of hydrogen-bond acceptors (Lipinski definition) is 9. The summed E-state index contributed by atoms with van der Waals surface area (Å²) in [6.45, 7) is -0.514. The number of hydrogen-bond donors (Lipinski definition) is 10. The van der Waals surface area contributed by atoms with Gasteiger partial charge in [-0.15, -0.1) is 0 Å². The third-order valence-corrected chi connectivity index (χ3v) is 5.57. The summed E-state index contributed by atoms with van der Waals surface area (Å²) in [4.78, 5) is 57.3. The Morgan fingerprint density at radius 2 is 1.22 bits per heavy atom. The van der Waals surface area contributed by atoms with Crippen LogP contribution in [0.4, 0.5) is 0 Å². The van der Waals surface area contributed by atoms with Gasteiger partial charge in [-0.25, -0.2) is 4.79 Å². The summed E-state index contributed by atoms with van der Waals surface area (Å²) in [6.07, 6.45) is 3.00. The molecule has 3 amide bonds. The van der Waals surface area contributed by atoms with Gasteiger partial charge in [0.1, 0.15) is 18.1 Å². The molecule has 0 fully saturated rings. The fourth-order valence-electron chi connectivity index (χ4n) is 2.93. The molecule has 0 aliphatic rings. The number of nitrogens with one attached hydrogen (secondary N) is 3. The molecule has 212 valence electrons. The Labute approximate surface area is 219 Å². The molecule has 0 aliphatic carbocycles. The monoisotopic (exact) mass is 548 g/mol. The standard InChI is InChI=1S/C20H40N10O6S/c1-37-9-6-11(21)15(32)28-12(4-2-7-26-19(22)23)16(33)29-13(5-3-8-27-20(24)25)17(34)30-14(10-31)18(35)36/h11-14,31H,2-10,21H2,1H3,(H,28,32)(H,29,33)(H,30,34)(H,35,36)(H4,22,23,26)(H4,24,25,27). The van der Waals surface area contributed by atoms with Crippen molar-refractivity contribution in [3.8, 4) is 0 Å². The van der Waals surface area contributed by atoms with Gasteiger partial charge in [0.2, 0.25) is 17.7 Å². The van der Waals surface area contributed by atoms with Crippen molar-refractivity contribution in [2.75, 3.05) is 31.7 Å². The number of carbonyl (C=O) groups excluding carboxylic acids is 3. The van der Waals surface area contributed by atoms with E-state index in [2.05, 4.69) is 25.9 Å². The van der Waals surface area contributed by atoms with Crippen LogP contribution >= 0.6 is 11.8 Å². The molecular weight excluding hydrogens is 508 g/mol. The number of amides is 3. The number of thioether (sulfide) groups is 1. The van der Waals surface area contributed by atoms with Crippen LogP contribution in [0.3, 0.4) is 0 Å². The second-order valence-corrected chi connectivity index (χ2v) is 8.98. The molecule has 0 aromatic heterocycles. The molecular formula is C20H40N10O6S. The highest BCUT2D eigenvalue weighted by Crippen LogP contribution is 2.06. The summed E-state index contributed by atoms with van der Waals surface area (Å²) in [6, 6.07) is -4.71. The van der Waals surface area contributed by atoms with Crippen molar-refractivity contribution in [3.63, 3.8) is 0 Å². The number of carbonyl (C=O) groups is 4. The second kappa shape index (κ2) is 18.9. The molecule has 17 heteroatoms. The van der Waals surface area contributed by atoms with Gasteiger partial charge in [-0.3, -0.25) is 24.4 Å². The molecule has 4 atom stereocenters. The minimum absolute atomic E-state index is 0.0357. The highest BCUT2D eigenvalue weighted by atomic mass is 32.2. The number of aliphatic carboxylic acids is 1. The van der Waals surface area contributed by atoms with E-state index in [1.54, 1.807) is 0 Å². The molecule has 15 N–H and O–H groups in total. The van der Waals surface area contributed by atoms with Crippen LogP contribution in [-0.4, -0.2) is 102 Å². The predicted molar refractivity (Wildman–Crippen MR) is 141 cm³/mol. The summed E-state index contributed by atoms with van der Waals surface area (Å²) in [5, 5.41) is 25.6. The van der Waals surface area contributed by atoms with Crippen LogP contribution in [-0.2, 0) is 19.2 Å². The Kier molecular flexibility index (Phi) is 17.2. The van der Waals surface area contributed by atoms with Crippen molar-refractivity contribution in [1.82, 2.24) is 16.0 Å². The van der Waals surface area contributed by atoms with Crippen LogP contribution in [0, 0.1) is 0 Å². The van der Waals surface area contributed by atoms with Crippen LogP contribution in [0.15, 0.2) is 9.98 Å². The van der Waals surface area contributed by atoms with E-state index in [1.807, 2.05) is 6.26 Å². The third kappa shape index (κ3) is 15.4. The maximum absolute atomic E-state index is 13.1. The maximum atomic E-state index is 13.1. The van der Waals surface area contributed by atoms with Gasteiger partial charge in [-0.1, -0.05) is 0 Å². The number of aliphatic imine (C=N–C) groups is 2. The molecule has 0 saturated carbocycles. The summed E-state index contributed by atoms with van der Waals surface area (Å²) in [5.74, 6) is -3.18. The maximum Gasteiger partial charge on any atom is 0.328 e. The summed E-state index contributed by atoms with van der Waals surface area (Å²) >= 11 is 1.52. The van der Waals surface area contributed by atoms with Crippen molar-refractivity contribution in [3.05, 3.63) is 0 Å². The minimum Gasteiger partial charge on any atom is -0.480 e. The summed E-state index contributed by atoms with van der Waals surface area (Å²) < 4.78 is 0. The van der Waals surface area contributed by atoms with Crippen molar-refractivity contribution < 1.29 is 29.4 Å². The number of rotatable bonds is 19. The van der Waals surface area contributed by atoms with E-state index < -0.39 is 54.5 Å². The molecule has 0 aromatic rings. The lowest BCUT2D eigenvalue weighted by Crippen LogP contribution is -2.57. The van der Waals surface area contributed by atoms with Gasteiger partial charge in [-0.05, 0) is 44.1 Å². The molecule has 4 unspecified atom stereocenters. The second-order valence-electron chi connectivity index (χ2n) is 7.99. The predicted octanol–water partition coefficient (Wildman–Crippen LogP) is -4.29. The van der Waals surface area contributed by atoms with Crippen LogP contribution in [0.1, 0.15) is 32.1 Å². The Morgan fingerprint density at radius 3 is 1.59 bits per heavy atom. The van der Waals surface area contributed by atoms with Crippen LogP contribution in [0.2, 0.25) is 0 Å². The van der Waals surface area contributed by atoms with Crippen LogP contribution in [0.25, 0.3) is 0 Å². The third-order valence-electron chi connectivity index (χ3n) is 4.92. The van der Waals surface area contributed by atoms with E-state index >= 15 is 0 Å². The molecule has 0 heterocycles. The number of aliphatic hydroxyl groups excluding tert-OH is 1. The van der Waals surface area contributed by atoms with E-state index in [-0.39, 0.29) is 44.3 Å². The zero-order valence-corrected chi connectivity index (χ0v) is 21.7. The number of nitrogens with zero attached hydrogens (tertiary/aromatic N) is 2. The first-order chi connectivity index (χ1) is 17.4. The topological polar surface area (TPSA) is 300 Å². The number of carboxylic acids is 1. The lowest BCUT2D eigenvalue weighted by atomic mass is 10.1. The highest BCUT2D eigenvalue weighted by molar-refractivity contribution is 7.98. The van der Waals surface area contributed by atoms with Gasteiger partial charge in [0.25, 0.3) is 0 Å². The lowest BCUT2D eigenvalue weighted by Gasteiger charge is -2.25. The number of carboxylic acid groups (broad SMARTS) is 1. The summed E-state index contributed by atoms with van der Waals surface area (Å²) in [5.41, 5.74) is 27.1. The smallest absolute Gasteiger partial charge is 0.328 e. The molecule has 0 aliphatic heterocycles. The molecule has 0 spiro atoms. The van der Waals surface area contributed by atoms with Gasteiger partial charge < -0.3 is 54.8 Å². The fourth-order valence-corrected chi connectivity index (χ4v) is 3.42. The fraction of sp³-hybridized carbons (Fsp3) is 0.700. The summed E-state index contributed by atoms with van der Waals surface area (Å²) in [7, 11) is 0. The first-order valence-corrected chi connectivity index (χ1v) is 12.9. The van der Waals surface area contributed by atoms with Crippen LogP contribution < -0.4 is 44.6 Å². The lowest BCUT2D eigenvalue weighted by molar-refractivity contribution is -0.143. The van der Waals surface area contributed by atoms with E-state index in [9.17, 15) is 24.3 Å². The van der Waals surface area contributed by atoms with Crippen LogP contribution in [0.5, 0.6) is 0 Å². The Morgan fingerprint density at radius 1 is 0.784 bits per heavy atom. The van der Waals surface area contributed by atoms with Gasteiger partial charge in [0.05, 0.1) is 12.6 Å². The zero-order valence-electron chi connectivity index (χ0n) is 20.9. The molecule has 16 nitrogen and oxygen atoms in total. The molecule has 0 rings (SSSR count). The normalized spacial score (nSPS) is 13.8. The van der Waals surface area contributed by atoms with E-state index in [0.29, 0.717) is 18.6 Å². The van der Waals surface area contributed by atoms with Gasteiger partial charge in [0, 0.05) is 13.1 Å². The first kappa shape index (κ1) is 33.7. The molecule has 0 saturated heterocycles. The molecule has 0 aromatic carbocycles. The van der Waals surface area contributed by atoms with E-state index in [1.165, 1.54) is 11.8 Å². The number of guanidine groups is 2. The Balaban J connectivity index is 5.61. The number of nitrogens with two attached hydrogens (primary N) is 5. The van der Waals surface area contributed by atoms with Crippen molar-refractivity contribution >= 4 is 47.4 Å². The van der Waals surface area contributed by atoms with Crippen molar-refractivity contribution in [1.29, 1.82) is 0 Å². The Hall–Kier alpha value is -3.31. The molecule has 0 bridgehead atoms. The average Bonchev–Trinajstić information content (AvgIpc) is 2.83. The van der Waals surface area contributed by atoms with E-state index in [4.69, 9.17) is 33.8 Å². The van der Waals surface area contributed by atoms with E-state index in [0.717, 1.165) is 0 Å². The first-order valence-electron chi connectivity index (χ1n) is 11.5. The van der Waals surface area contributed by atoms with Crippen molar-refractivity contribution in [2.45, 2.75) is 56.3 Å². The number of aliphatic hydroxyl groups is 1. The zero-order chi connectivity index (χ0) is 28.4. The van der Waals surface area contributed by atoms with Gasteiger partial charge in [-0.2, -0.15) is 11.8 Å². The quantitative estimate of drug-likeness (QED) is 0.0416. The molecule has 37 heavy (non-hydrogen) atoms.